The topological polar surface area (TPSA) is 21.3 Å². The number of hydrogen-bond donors (Lipinski definition) is 1. The summed E-state index contributed by atoms with van der Waals surface area (Å²) in [6.45, 7) is 3.11. The third kappa shape index (κ3) is 1.32. The average Bonchev–Trinajstić information content (AvgIpc) is 2.62. The Morgan fingerprint density at radius 2 is 2.10 bits per heavy atom. The summed E-state index contributed by atoms with van der Waals surface area (Å²) in [6, 6.07) is 1.47. The van der Waals surface area contributed by atoms with Crippen molar-refractivity contribution >= 4 is 0 Å². The van der Waals surface area contributed by atoms with E-state index in [1.54, 1.807) is 0 Å². The third-order valence-corrected chi connectivity index (χ3v) is 2.40. The first-order valence-electron chi connectivity index (χ1n) is 4.24. The monoisotopic (exact) mass is 141 g/mol. The van der Waals surface area contributed by atoms with Crippen molar-refractivity contribution in [2.24, 2.45) is 0 Å². The van der Waals surface area contributed by atoms with E-state index in [2.05, 4.69) is 12.2 Å². The average molecular weight is 141 g/mol. The molecule has 1 heterocycles. The largest absolute Gasteiger partial charge is 0.377 e. The van der Waals surface area contributed by atoms with Gasteiger partial charge in [-0.1, -0.05) is 0 Å². The summed E-state index contributed by atoms with van der Waals surface area (Å²) in [7, 11) is 0. The summed E-state index contributed by atoms with van der Waals surface area (Å²) in [4.78, 5) is 0. The molecule has 2 nitrogen and oxygen atoms in total. The molecular weight excluding hydrogens is 126 g/mol. The maximum absolute atomic E-state index is 5.43. The van der Waals surface area contributed by atoms with Crippen molar-refractivity contribution < 1.29 is 4.74 Å². The molecule has 0 radical (unpaired) electrons. The molecule has 0 aromatic heterocycles. The van der Waals surface area contributed by atoms with Gasteiger partial charge in [0, 0.05) is 18.7 Å². The van der Waals surface area contributed by atoms with Gasteiger partial charge in [0.05, 0.1) is 6.10 Å². The minimum atomic E-state index is 0.445. The van der Waals surface area contributed by atoms with Gasteiger partial charge in [-0.2, -0.15) is 0 Å². The predicted octanol–water partition coefficient (Wildman–Crippen LogP) is 0.916. The van der Waals surface area contributed by atoms with Crippen molar-refractivity contribution in [3.05, 3.63) is 0 Å². The molecule has 10 heavy (non-hydrogen) atoms. The van der Waals surface area contributed by atoms with E-state index in [1.165, 1.54) is 19.3 Å². The van der Waals surface area contributed by atoms with E-state index in [0.717, 1.165) is 12.6 Å². The van der Waals surface area contributed by atoms with Gasteiger partial charge in [0.2, 0.25) is 0 Å². The molecular formula is C8H15NO. The lowest BCUT2D eigenvalue weighted by atomic mass is 10.1. The summed E-state index contributed by atoms with van der Waals surface area (Å²) in [5, 5.41) is 3.58. The van der Waals surface area contributed by atoms with Gasteiger partial charge in [-0.3, -0.25) is 0 Å². The SMILES string of the molecule is C[C@H]1OCC[C@H]1NC1CC1. The number of rotatable bonds is 2. The molecule has 0 amide bonds. The molecule has 1 aliphatic carbocycles. The molecule has 0 aromatic carbocycles. The van der Waals surface area contributed by atoms with E-state index in [4.69, 9.17) is 4.74 Å². The fraction of sp³-hybridized carbons (Fsp3) is 1.00. The first kappa shape index (κ1) is 6.62. The van der Waals surface area contributed by atoms with Gasteiger partial charge < -0.3 is 10.1 Å². The number of nitrogens with one attached hydrogen (secondary N) is 1. The van der Waals surface area contributed by atoms with E-state index in [-0.39, 0.29) is 0 Å². The van der Waals surface area contributed by atoms with Crippen LogP contribution in [-0.4, -0.2) is 24.8 Å². The molecule has 0 spiro atoms. The molecule has 1 saturated carbocycles. The molecule has 2 aliphatic rings. The second-order valence-electron chi connectivity index (χ2n) is 3.41. The summed E-state index contributed by atoms with van der Waals surface area (Å²) in [5.41, 5.74) is 0. The molecule has 1 aliphatic heterocycles. The normalized spacial score (nSPS) is 40.5. The van der Waals surface area contributed by atoms with Gasteiger partial charge in [-0.05, 0) is 26.2 Å². The predicted molar refractivity (Wildman–Crippen MR) is 40.0 cm³/mol. The molecule has 58 valence electrons. The molecule has 2 rings (SSSR count). The second-order valence-corrected chi connectivity index (χ2v) is 3.41. The van der Waals surface area contributed by atoms with E-state index in [1.807, 2.05) is 0 Å². The van der Waals surface area contributed by atoms with Crippen molar-refractivity contribution in [2.75, 3.05) is 6.61 Å². The zero-order chi connectivity index (χ0) is 6.97. The van der Waals surface area contributed by atoms with Crippen molar-refractivity contribution in [1.29, 1.82) is 0 Å². The summed E-state index contributed by atoms with van der Waals surface area (Å²) in [6.07, 6.45) is 4.41. The van der Waals surface area contributed by atoms with Crippen LogP contribution in [0, 0.1) is 0 Å². The van der Waals surface area contributed by atoms with Crippen molar-refractivity contribution in [3.63, 3.8) is 0 Å². The highest BCUT2D eigenvalue weighted by Crippen LogP contribution is 2.23. The van der Waals surface area contributed by atoms with Gasteiger partial charge in [-0.25, -0.2) is 0 Å². The first-order valence-corrected chi connectivity index (χ1v) is 4.24. The van der Waals surface area contributed by atoms with E-state index < -0.39 is 0 Å². The van der Waals surface area contributed by atoms with Gasteiger partial charge in [0.15, 0.2) is 0 Å². The third-order valence-electron chi connectivity index (χ3n) is 2.40. The zero-order valence-electron chi connectivity index (χ0n) is 6.47. The highest BCUT2D eigenvalue weighted by atomic mass is 16.5. The van der Waals surface area contributed by atoms with Crippen molar-refractivity contribution in [1.82, 2.24) is 5.32 Å². The lowest BCUT2D eigenvalue weighted by molar-refractivity contribution is 0.113. The van der Waals surface area contributed by atoms with E-state index in [0.29, 0.717) is 12.1 Å². The fourth-order valence-electron chi connectivity index (χ4n) is 1.50. The highest BCUT2D eigenvalue weighted by molar-refractivity contribution is 4.89. The Bertz CT molecular complexity index is 122. The van der Waals surface area contributed by atoms with Crippen molar-refractivity contribution in [2.45, 2.75) is 44.4 Å². The Kier molecular flexibility index (Phi) is 1.66. The summed E-state index contributed by atoms with van der Waals surface area (Å²) in [5.74, 6) is 0. The summed E-state index contributed by atoms with van der Waals surface area (Å²) < 4.78 is 5.43. The minimum Gasteiger partial charge on any atom is -0.377 e. The van der Waals surface area contributed by atoms with Crippen LogP contribution in [0.15, 0.2) is 0 Å². The Morgan fingerprint density at radius 3 is 2.60 bits per heavy atom. The molecule has 1 saturated heterocycles. The maximum Gasteiger partial charge on any atom is 0.0700 e. The molecule has 2 heteroatoms. The molecule has 0 bridgehead atoms. The van der Waals surface area contributed by atoms with Crippen LogP contribution in [0.2, 0.25) is 0 Å². The zero-order valence-corrected chi connectivity index (χ0v) is 6.47. The Hall–Kier alpha value is -0.0800. The van der Waals surface area contributed by atoms with Crippen LogP contribution >= 0.6 is 0 Å². The van der Waals surface area contributed by atoms with E-state index in [9.17, 15) is 0 Å². The van der Waals surface area contributed by atoms with E-state index >= 15 is 0 Å². The molecule has 2 atom stereocenters. The molecule has 1 N–H and O–H groups in total. The molecule has 0 aromatic rings. The van der Waals surface area contributed by atoms with Crippen LogP contribution in [0.5, 0.6) is 0 Å². The number of ether oxygens (including phenoxy) is 1. The van der Waals surface area contributed by atoms with Crippen LogP contribution in [0.25, 0.3) is 0 Å². The van der Waals surface area contributed by atoms with Crippen LogP contribution in [-0.2, 0) is 4.74 Å². The number of hydrogen-bond acceptors (Lipinski definition) is 2. The lowest BCUT2D eigenvalue weighted by Gasteiger charge is -2.14. The van der Waals surface area contributed by atoms with Crippen LogP contribution in [0.1, 0.15) is 26.2 Å². The first-order chi connectivity index (χ1) is 4.86. The molecule has 0 unspecified atom stereocenters. The lowest BCUT2D eigenvalue weighted by Crippen LogP contribution is -2.36. The minimum absolute atomic E-state index is 0.445. The molecule has 2 fully saturated rings. The van der Waals surface area contributed by atoms with Crippen LogP contribution in [0.4, 0.5) is 0 Å². The van der Waals surface area contributed by atoms with Gasteiger partial charge in [0.1, 0.15) is 0 Å². The Labute approximate surface area is 61.9 Å². The quantitative estimate of drug-likeness (QED) is 0.617. The van der Waals surface area contributed by atoms with Gasteiger partial charge >= 0.3 is 0 Å². The second kappa shape index (κ2) is 2.51. The van der Waals surface area contributed by atoms with Crippen molar-refractivity contribution in [3.8, 4) is 0 Å². The standard InChI is InChI=1S/C8H15NO/c1-6-8(4-5-10-6)9-7-2-3-7/h6-9H,2-5H2,1H3/t6-,8-/m1/s1. The highest BCUT2D eigenvalue weighted by Gasteiger charge is 2.30. The fourth-order valence-corrected chi connectivity index (χ4v) is 1.50. The Morgan fingerprint density at radius 1 is 1.30 bits per heavy atom. The Balaban J connectivity index is 1.79. The van der Waals surface area contributed by atoms with Gasteiger partial charge in [-0.15, -0.1) is 0 Å². The van der Waals surface area contributed by atoms with Crippen LogP contribution < -0.4 is 5.32 Å². The van der Waals surface area contributed by atoms with Crippen LogP contribution in [0.3, 0.4) is 0 Å². The smallest absolute Gasteiger partial charge is 0.0700 e. The maximum atomic E-state index is 5.43. The summed E-state index contributed by atoms with van der Waals surface area (Å²) >= 11 is 0. The van der Waals surface area contributed by atoms with Gasteiger partial charge in [0.25, 0.3) is 0 Å².